The first-order valence-electron chi connectivity index (χ1n) is 11.1. The minimum absolute atomic E-state index is 0.187. The number of aromatic amines is 1. The van der Waals surface area contributed by atoms with Gasteiger partial charge in [-0.25, -0.2) is 9.59 Å². The summed E-state index contributed by atoms with van der Waals surface area (Å²) < 4.78 is 17.0. The van der Waals surface area contributed by atoms with Gasteiger partial charge < -0.3 is 19.2 Å². The number of hydrogen-bond acceptors (Lipinski definition) is 5. The molecule has 3 aromatic rings. The number of fused-ring (bicyclic) bond motifs is 3. The van der Waals surface area contributed by atoms with Crippen LogP contribution in [0, 0.1) is 6.92 Å². The van der Waals surface area contributed by atoms with Crippen molar-refractivity contribution >= 4 is 40.3 Å². The monoisotopic (exact) mass is 484 g/mol. The molecule has 8 heteroatoms. The van der Waals surface area contributed by atoms with Crippen LogP contribution >= 0.6 is 11.6 Å². The van der Waals surface area contributed by atoms with Crippen LogP contribution in [0.25, 0.3) is 10.9 Å². The molecule has 0 saturated carbocycles. The second-order valence-corrected chi connectivity index (χ2v) is 9.70. The van der Waals surface area contributed by atoms with Gasteiger partial charge in [-0.05, 0) is 38.8 Å². The molecule has 1 atom stereocenters. The number of hydrogen-bond donors (Lipinski definition) is 1. The average molecular weight is 485 g/mol. The van der Waals surface area contributed by atoms with Gasteiger partial charge in [-0.1, -0.05) is 30.3 Å². The van der Waals surface area contributed by atoms with E-state index in [4.69, 9.17) is 25.8 Å². The van der Waals surface area contributed by atoms with Crippen LogP contribution in [-0.2, 0) is 16.1 Å². The van der Waals surface area contributed by atoms with E-state index in [9.17, 15) is 9.59 Å². The highest BCUT2D eigenvalue weighted by atomic mass is 35.5. The maximum Gasteiger partial charge on any atom is 0.414 e. The Labute approximate surface area is 203 Å². The van der Waals surface area contributed by atoms with Gasteiger partial charge >= 0.3 is 12.1 Å². The summed E-state index contributed by atoms with van der Waals surface area (Å²) in [6, 6.07) is 11.6. The Morgan fingerprint density at radius 3 is 2.53 bits per heavy atom. The zero-order chi connectivity index (χ0) is 24.6. The van der Waals surface area contributed by atoms with E-state index in [2.05, 4.69) is 4.98 Å². The van der Waals surface area contributed by atoms with Crippen molar-refractivity contribution in [3.05, 3.63) is 58.8 Å². The molecular formula is C26H29ClN2O5. The Morgan fingerprint density at radius 1 is 1.21 bits per heavy atom. The van der Waals surface area contributed by atoms with Gasteiger partial charge in [0.2, 0.25) is 0 Å². The lowest BCUT2D eigenvalue weighted by atomic mass is 9.95. The van der Waals surface area contributed by atoms with E-state index in [0.717, 1.165) is 11.1 Å². The summed E-state index contributed by atoms with van der Waals surface area (Å²) in [7, 11) is 1.35. The van der Waals surface area contributed by atoms with Crippen molar-refractivity contribution in [3.63, 3.8) is 0 Å². The number of esters is 1. The Kier molecular flexibility index (Phi) is 6.49. The smallest absolute Gasteiger partial charge is 0.414 e. The standard InChI is InChI=1S/C26H29ClN2O5/c1-15-20(24(30)32-5)22-21-17(12-27)13-29(25(31)34-26(2,3)4)18(21)11-19(23(22)28-15)33-14-16-9-7-6-8-10-16/h6-11,17,28H,12-14H2,1-5H3/t17-/m1/s1. The first kappa shape index (κ1) is 24.0. The Morgan fingerprint density at radius 2 is 1.91 bits per heavy atom. The molecule has 7 nitrogen and oxygen atoms in total. The summed E-state index contributed by atoms with van der Waals surface area (Å²) in [5, 5.41) is 0.668. The molecule has 0 spiro atoms. The molecule has 1 aliphatic rings. The third-order valence-electron chi connectivity index (χ3n) is 5.78. The molecule has 180 valence electrons. The highest BCUT2D eigenvalue weighted by Gasteiger charge is 2.39. The van der Waals surface area contributed by atoms with Crippen molar-refractivity contribution in [2.24, 2.45) is 0 Å². The van der Waals surface area contributed by atoms with E-state index >= 15 is 0 Å². The van der Waals surface area contributed by atoms with Crippen molar-refractivity contribution in [1.29, 1.82) is 0 Å². The fourth-order valence-corrected chi connectivity index (χ4v) is 4.60. The molecule has 0 fully saturated rings. The van der Waals surface area contributed by atoms with Crippen LogP contribution < -0.4 is 9.64 Å². The van der Waals surface area contributed by atoms with Gasteiger partial charge in [-0.15, -0.1) is 11.6 Å². The maximum atomic E-state index is 13.1. The van der Waals surface area contributed by atoms with Crippen LogP contribution in [0.3, 0.4) is 0 Å². The van der Waals surface area contributed by atoms with E-state index in [0.29, 0.717) is 46.7 Å². The number of benzene rings is 2. The van der Waals surface area contributed by atoms with Crippen LogP contribution in [0.2, 0.25) is 0 Å². The third-order valence-corrected chi connectivity index (χ3v) is 6.15. The van der Waals surface area contributed by atoms with Gasteiger partial charge in [-0.2, -0.15) is 0 Å². The van der Waals surface area contributed by atoms with Crippen molar-refractivity contribution < 1.29 is 23.8 Å². The second kappa shape index (κ2) is 9.22. The molecule has 4 rings (SSSR count). The van der Waals surface area contributed by atoms with Crippen molar-refractivity contribution in [3.8, 4) is 5.75 Å². The summed E-state index contributed by atoms with van der Waals surface area (Å²) >= 11 is 6.36. The van der Waals surface area contributed by atoms with Gasteiger partial charge in [0.15, 0.2) is 0 Å². The van der Waals surface area contributed by atoms with Gasteiger partial charge in [0.25, 0.3) is 0 Å². The number of methoxy groups -OCH3 is 1. The molecule has 2 heterocycles. The maximum absolute atomic E-state index is 13.1. The number of rotatable bonds is 5. The van der Waals surface area contributed by atoms with Crippen molar-refractivity contribution in [2.45, 2.75) is 45.8 Å². The van der Waals surface area contributed by atoms with Crippen LogP contribution in [0.15, 0.2) is 36.4 Å². The van der Waals surface area contributed by atoms with Gasteiger partial charge in [0.05, 0.1) is 23.9 Å². The normalized spacial score (nSPS) is 15.4. The summed E-state index contributed by atoms with van der Waals surface area (Å²) in [6.07, 6.45) is -0.471. The number of nitrogens with zero attached hydrogens (tertiary/aromatic N) is 1. The molecule has 2 aromatic carbocycles. The zero-order valence-corrected chi connectivity index (χ0v) is 20.8. The lowest BCUT2D eigenvalue weighted by Crippen LogP contribution is -2.36. The zero-order valence-electron chi connectivity index (χ0n) is 20.0. The van der Waals surface area contributed by atoms with Gasteiger partial charge in [0.1, 0.15) is 18.0 Å². The highest BCUT2D eigenvalue weighted by molar-refractivity contribution is 6.19. The molecule has 1 aromatic heterocycles. The number of amides is 1. The predicted octanol–water partition coefficient (Wildman–Crippen LogP) is 5.92. The topological polar surface area (TPSA) is 80.9 Å². The van der Waals surface area contributed by atoms with Crippen LogP contribution in [0.5, 0.6) is 5.75 Å². The summed E-state index contributed by atoms with van der Waals surface area (Å²) in [4.78, 5) is 30.8. The van der Waals surface area contributed by atoms with E-state index in [1.165, 1.54) is 7.11 Å². The number of anilines is 1. The number of carbonyl (C=O) groups excluding carboxylic acids is 2. The van der Waals surface area contributed by atoms with Crippen molar-refractivity contribution in [2.75, 3.05) is 24.4 Å². The third kappa shape index (κ3) is 4.44. The van der Waals surface area contributed by atoms with Gasteiger partial charge in [0, 0.05) is 35.5 Å². The van der Waals surface area contributed by atoms with Crippen molar-refractivity contribution in [1.82, 2.24) is 4.98 Å². The summed E-state index contributed by atoms with van der Waals surface area (Å²) in [6.45, 7) is 7.95. The number of carbonyl (C=O) groups is 2. The number of H-pyrrole nitrogens is 1. The Bertz CT molecular complexity index is 1230. The molecule has 34 heavy (non-hydrogen) atoms. The van der Waals surface area contributed by atoms with Crippen LogP contribution in [-0.4, -0.2) is 42.2 Å². The van der Waals surface area contributed by atoms with Gasteiger partial charge in [-0.3, -0.25) is 4.90 Å². The SMILES string of the molecule is COC(=O)c1c(C)[nH]c2c(OCc3ccccc3)cc3c(c12)[C@H](CCl)CN3C(=O)OC(C)(C)C. The van der Waals surface area contributed by atoms with Crippen LogP contribution in [0.4, 0.5) is 10.5 Å². The summed E-state index contributed by atoms with van der Waals surface area (Å²) in [5.74, 6) is 0.152. The first-order valence-corrected chi connectivity index (χ1v) is 11.7. The molecular weight excluding hydrogens is 456 g/mol. The minimum atomic E-state index is -0.658. The number of alkyl halides is 1. The highest BCUT2D eigenvalue weighted by Crippen LogP contribution is 2.47. The molecule has 0 aliphatic carbocycles. The number of ether oxygens (including phenoxy) is 3. The molecule has 0 unspecified atom stereocenters. The number of nitrogens with one attached hydrogen (secondary N) is 1. The van der Waals surface area contributed by atoms with E-state index in [1.807, 2.05) is 64.1 Å². The lowest BCUT2D eigenvalue weighted by Gasteiger charge is -2.25. The van der Waals surface area contributed by atoms with E-state index in [1.54, 1.807) is 4.90 Å². The van der Waals surface area contributed by atoms with E-state index in [-0.39, 0.29) is 11.8 Å². The first-order chi connectivity index (χ1) is 16.1. The Balaban J connectivity index is 1.90. The fraction of sp³-hybridized carbons (Fsp3) is 0.385. The average Bonchev–Trinajstić information content (AvgIpc) is 3.33. The number of aryl methyl sites for hydroxylation is 1. The summed E-state index contributed by atoms with van der Waals surface area (Å²) in [5.41, 5.74) is 3.52. The molecule has 0 saturated heterocycles. The largest absolute Gasteiger partial charge is 0.487 e. The quantitative estimate of drug-likeness (QED) is 0.359. The molecule has 0 bridgehead atoms. The minimum Gasteiger partial charge on any atom is -0.487 e. The second-order valence-electron chi connectivity index (χ2n) is 9.39. The van der Waals surface area contributed by atoms with Crippen LogP contribution in [0.1, 0.15) is 53.9 Å². The Hall–Kier alpha value is -3.19. The molecule has 1 N–H and O–H groups in total. The molecule has 0 radical (unpaired) electrons. The number of halogens is 1. The van der Waals surface area contributed by atoms with E-state index < -0.39 is 17.7 Å². The molecule has 1 aliphatic heterocycles. The fourth-order valence-electron chi connectivity index (χ4n) is 4.35. The molecule has 1 amide bonds. The predicted molar refractivity (Wildman–Crippen MR) is 132 cm³/mol. The number of aromatic nitrogens is 1. The lowest BCUT2D eigenvalue weighted by molar-refractivity contribution is 0.0578.